The lowest BCUT2D eigenvalue weighted by Gasteiger charge is -2.34. The molecular formula is C23H20ClN3O5S. The van der Waals surface area contributed by atoms with Gasteiger partial charge in [-0.05, 0) is 35.0 Å². The van der Waals surface area contributed by atoms with Gasteiger partial charge in [-0.3, -0.25) is 9.36 Å². The van der Waals surface area contributed by atoms with Gasteiger partial charge < -0.3 is 9.32 Å². The standard InChI is InChI=1S/C23H20ClN3O5S/c24-18-6-8-20-21(14-18)32-23(29)27(20)15-22(28)25-9-11-26(12-10-25)33(30,31)19-7-5-16-3-1-2-4-17(16)13-19/h1-8,13-14H,9-12,15H2. The molecule has 1 aliphatic rings. The number of carbonyl (C=O) groups is 1. The second kappa shape index (κ2) is 8.33. The summed E-state index contributed by atoms with van der Waals surface area (Å²) < 4.78 is 34.1. The first-order valence-electron chi connectivity index (χ1n) is 10.4. The van der Waals surface area contributed by atoms with Gasteiger partial charge in [0.15, 0.2) is 5.58 Å². The SMILES string of the molecule is O=C(Cn1c(=O)oc2cc(Cl)ccc21)N1CCN(S(=O)(=O)c2ccc3ccccc3c2)CC1. The van der Waals surface area contributed by atoms with Gasteiger partial charge in [-0.2, -0.15) is 4.31 Å². The van der Waals surface area contributed by atoms with E-state index in [4.69, 9.17) is 16.0 Å². The van der Waals surface area contributed by atoms with E-state index in [0.29, 0.717) is 16.1 Å². The fourth-order valence-corrected chi connectivity index (χ4v) is 5.70. The molecule has 1 aromatic heterocycles. The highest BCUT2D eigenvalue weighted by atomic mass is 35.5. The van der Waals surface area contributed by atoms with E-state index in [1.165, 1.54) is 14.9 Å². The molecule has 0 saturated carbocycles. The molecule has 0 spiro atoms. The summed E-state index contributed by atoms with van der Waals surface area (Å²) in [4.78, 5) is 26.8. The van der Waals surface area contributed by atoms with Crippen molar-refractivity contribution in [2.24, 2.45) is 0 Å². The third-order valence-electron chi connectivity index (χ3n) is 5.87. The Bertz CT molecular complexity index is 1530. The van der Waals surface area contributed by atoms with E-state index in [1.807, 2.05) is 24.3 Å². The molecule has 5 rings (SSSR count). The molecule has 0 N–H and O–H groups in total. The first-order valence-corrected chi connectivity index (χ1v) is 12.2. The van der Waals surface area contributed by atoms with Crippen molar-refractivity contribution < 1.29 is 17.6 Å². The zero-order chi connectivity index (χ0) is 23.2. The van der Waals surface area contributed by atoms with E-state index in [9.17, 15) is 18.0 Å². The lowest BCUT2D eigenvalue weighted by atomic mass is 10.1. The van der Waals surface area contributed by atoms with Gasteiger partial charge in [0.2, 0.25) is 15.9 Å². The van der Waals surface area contributed by atoms with Crippen molar-refractivity contribution in [3.63, 3.8) is 0 Å². The number of hydrogen-bond donors (Lipinski definition) is 0. The van der Waals surface area contributed by atoms with Gasteiger partial charge in [0.25, 0.3) is 0 Å². The van der Waals surface area contributed by atoms with Crippen LogP contribution in [0.4, 0.5) is 0 Å². The molecule has 10 heteroatoms. The zero-order valence-electron chi connectivity index (χ0n) is 17.5. The second-order valence-corrected chi connectivity index (χ2v) is 10.2. The predicted octanol–water partition coefficient (Wildman–Crippen LogP) is 2.93. The third-order valence-corrected chi connectivity index (χ3v) is 8.00. The average molecular weight is 486 g/mol. The molecular weight excluding hydrogens is 466 g/mol. The molecule has 3 aromatic carbocycles. The molecule has 8 nitrogen and oxygen atoms in total. The number of nitrogens with zero attached hydrogens (tertiary/aromatic N) is 3. The molecule has 1 saturated heterocycles. The zero-order valence-corrected chi connectivity index (χ0v) is 19.1. The molecule has 33 heavy (non-hydrogen) atoms. The van der Waals surface area contributed by atoms with Crippen LogP contribution in [-0.2, 0) is 21.4 Å². The number of carbonyl (C=O) groups excluding carboxylic acids is 1. The molecule has 1 amide bonds. The first kappa shape index (κ1) is 21.7. The highest BCUT2D eigenvalue weighted by Gasteiger charge is 2.30. The minimum atomic E-state index is -3.68. The Morgan fingerprint density at radius 3 is 2.42 bits per heavy atom. The van der Waals surface area contributed by atoms with Crippen LogP contribution in [0.25, 0.3) is 21.9 Å². The maximum absolute atomic E-state index is 13.1. The summed E-state index contributed by atoms with van der Waals surface area (Å²) in [6.07, 6.45) is 0. The molecule has 1 aliphatic heterocycles. The van der Waals surface area contributed by atoms with Gasteiger partial charge in [-0.1, -0.05) is 41.9 Å². The van der Waals surface area contributed by atoms with Crippen molar-refractivity contribution in [1.82, 2.24) is 13.8 Å². The van der Waals surface area contributed by atoms with Crippen LogP contribution in [0.3, 0.4) is 0 Å². The number of amides is 1. The Balaban J connectivity index is 1.29. The maximum atomic E-state index is 13.1. The molecule has 2 heterocycles. The van der Waals surface area contributed by atoms with Crippen LogP contribution in [0, 0.1) is 0 Å². The largest absolute Gasteiger partial charge is 0.420 e. The van der Waals surface area contributed by atoms with Crippen LogP contribution in [0.1, 0.15) is 0 Å². The van der Waals surface area contributed by atoms with Gasteiger partial charge in [0.1, 0.15) is 6.54 Å². The molecule has 0 unspecified atom stereocenters. The monoisotopic (exact) mass is 485 g/mol. The van der Waals surface area contributed by atoms with Gasteiger partial charge in [-0.15, -0.1) is 0 Å². The number of fused-ring (bicyclic) bond motifs is 2. The Hall–Kier alpha value is -3.14. The smallest absolute Gasteiger partial charge is 0.408 e. The summed E-state index contributed by atoms with van der Waals surface area (Å²) in [5.74, 6) is -0.921. The van der Waals surface area contributed by atoms with Crippen LogP contribution in [0.5, 0.6) is 0 Å². The summed E-state index contributed by atoms with van der Waals surface area (Å²) in [5, 5.41) is 2.25. The number of sulfonamides is 1. The van der Waals surface area contributed by atoms with Crippen molar-refractivity contribution in [3.8, 4) is 0 Å². The minimum Gasteiger partial charge on any atom is -0.408 e. The summed E-state index contributed by atoms with van der Waals surface area (Å²) in [6, 6.07) is 17.4. The van der Waals surface area contributed by atoms with Crippen LogP contribution < -0.4 is 5.76 Å². The molecule has 0 bridgehead atoms. The highest BCUT2D eigenvalue weighted by molar-refractivity contribution is 7.89. The van der Waals surface area contributed by atoms with Crippen molar-refractivity contribution >= 4 is 49.4 Å². The number of oxazole rings is 1. The fraction of sp³-hybridized carbons (Fsp3) is 0.217. The summed E-state index contributed by atoms with van der Waals surface area (Å²) >= 11 is 5.93. The fourth-order valence-electron chi connectivity index (χ4n) is 4.08. The van der Waals surface area contributed by atoms with Crippen molar-refractivity contribution in [3.05, 3.63) is 76.2 Å². The molecule has 0 aliphatic carbocycles. The Kier molecular flexibility index (Phi) is 5.48. The molecule has 0 atom stereocenters. The van der Waals surface area contributed by atoms with Crippen LogP contribution in [0.15, 0.2) is 74.8 Å². The van der Waals surface area contributed by atoms with E-state index in [2.05, 4.69) is 0 Å². The van der Waals surface area contributed by atoms with Gasteiger partial charge in [0, 0.05) is 37.3 Å². The van der Waals surface area contributed by atoms with Crippen molar-refractivity contribution in [2.45, 2.75) is 11.4 Å². The normalized spacial score (nSPS) is 15.4. The van der Waals surface area contributed by atoms with Crippen LogP contribution in [-0.4, -0.2) is 54.3 Å². The maximum Gasteiger partial charge on any atom is 0.420 e. The quantitative estimate of drug-likeness (QED) is 0.443. The van der Waals surface area contributed by atoms with Gasteiger partial charge in [-0.25, -0.2) is 13.2 Å². The Morgan fingerprint density at radius 1 is 0.939 bits per heavy atom. The van der Waals surface area contributed by atoms with E-state index < -0.39 is 15.8 Å². The molecule has 0 radical (unpaired) electrons. The summed E-state index contributed by atoms with van der Waals surface area (Å²) in [7, 11) is -3.68. The topological polar surface area (TPSA) is 92.8 Å². The average Bonchev–Trinajstić information content (AvgIpc) is 3.12. The molecule has 1 fully saturated rings. The Morgan fingerprint density at radius 2 is 1.67 bits per heavy atom. The first-order chi connectivity index (χ1) is 15.8. The van der Waals surface area contributed by atoms with E-state index >= 15 is 0 Å². The number of halogens is 1. The number of aromatic nitrogens is 1. The number of piperazine rings is 1. The minimum absolute atomic E-state index is 0.178. The second-order valence-electron chi connectivity index (χ2n) is 7.86. The Labute approximate surface area is 194 Å². The lowest BCUT2D eigenvalue weighted by Crippen LogP contribution is -2.51. The predicted molar refractivity (Wildman–Crippen MR) is 125 cm³/mol. The van der Waals surface area contributed by atoms with E-state index in [-0.39, 0.29) is 43.5 Å². The highest BCUT2D eigenvalue weighted by Crippen LogP contribution is 2.23. The number of hydrogen-bond acceptors (Lipinski definition) is 5. The van der Waals surface area contributed by atoms with Crippen molar-refractivity contribution in [2.75, 3.05) is 26.2 Å². The van der Waals surface area contributed by atoms with Gasteiger partial charge >= 0.3 is 5.76 Å². The van der Waals surface area contributed by atoms with Crippen LogP contribution in [0.2, 0.25) is 5.02 Å². The van der Waals surface area contributed by atoms with Gasteiger partial charge in [0.05, 0.1) is 10.4 Å². The summed E-state index contributed by atoms with van der Waals surface area (Å²) in [6.45, 7) is 0.643. The van der Waals surface area contributed by atoms with Crippen molar-refractivity contribution in [1.29, 1.82) is 0 Å². The van der Waals surface area contributed by atoms with Crippen LogP contribution >= 0.6 is 11.6 Å². The summed E-state index contributed by atoms with van der Waals surface area (Å²) in [5.41, 5.74) is 0.793. The van der Waals surface area contributed by atoms with E-state index in [0.717, 1.165) is 10.8 Å². The molecule has 170 valence electrons. The van der Waals surface area contributed by atoms with E-state index in [1.54, 1.807) is 35.2 Å². The third kappa shape index (κ3) is 4.03. The number of rotatable bonds is 4. The lowest BCUT2D eigenvalue weighted by molar-refractivity contribution is -0.133. The molecule has 4 aromatic rings. The number of benzene rings is 3.